The van der Waals surface area contributed by atoms with Gasteiger partial charge in [0.05, 0.1) is 26.0 Å². The average Bonchev–Trinajstić information content (AvgIpc) is 2.46. The summed E-state index contributed by atoms with van der Waals surface area (Å²) >= 11 is 3.15. The fourth-order valence-corrected chi connectivity index (χ4v) is 2.11. The number of hydrogen-bond donors (Lipinski definition) is 0. The molecule has 0 atom stereocenters. The molecule has 1 heterocycles. The van der Waals surface area contributed by atoms with Crippen LogP contribution in [0.25, 0.3) is 0 Å². The molecule has 7 heteroatoms. The summed E-state index contributed by atoms with van der Waals surface area (Å²) < 4.78 is 24.0. The highest BCUT2D eigenvalue weighted by molar-refractivity contribution is 9.10. The summed E-state index contributed by atoms with van der Waals surface area (Å²) in [5.74, 6) is -1.10. The molecule has 0 bridgehead atoms. The third-order valence-electron chi connectivity index (χ3n) is 2.53. The lowest BCUT2D eigenvalue weighted by Gasteiger charge is -2.08. The molecule has 0 fully saturated rings. The fourth-order valence-electron chi connectivity index (χ4n) is 1.59. The van der Waals surface area contributed by atoms with Crippen LogP contribution in [0, 0.1) is 5.82 Å². The van der Waals surface area contributed by atoms with Gasteiger partial charge in [-0.2, -0.15) is 4.98 Å². The van der Waals surface area contributed by atoms with Crippen molar-refractivity contribution in [3.63, 3.8) is 0 Å². The molecule has 1 aromatic carbocycles. The summed E-state index contributed by atoms with van der Waals surface area (Å²) in [6.07, 6.45) is 1.27. The molecule has 0 aliphatic heterocycles. The highest BCUT2D eigenvalue weighted by Gasteiger charge is 2.23. The lowest BCUT2D eigenvalue weighted by molar-refractivity contribution is 0.102. The lowest BCUT2D eigenvalue weighted by Crippen LogP contribution is -2.11. The molecule has 0 aliphatic rings. The van der Waals surface area contributed by atoms with Crippen molar-refractivity contribution < 1.29 is 18.7 Å². The van der Waals surface area contributed by atoms with E-state index < -0.39 is 11.6 Å². The van der Waals surface area contributed by atoms with E-state index in [9.17, 15) is 9.18 Å². The quantitative estimate of drug-likeness (QED) is 0.800. The van der Waals surface area contributed by atoms with Crippen LogP contribution in [-0.4, -0.2) is 30.0 Å². The number of carbonyl (C=O) groups is 1. The van der Waals surface area contributed by atoms with Crippen molar-refractivity contribution in [1.29, 1.82) is 0 Å². The standard InChI is InChI=1S/C13H10BrFN2O3/c1-19-9-6-16-11(13(17-9)20-2)12(18)10-7(14)4-3-5-8(10)15/h3-6H,1-2H3. The van der Waals surface area contributed by atoms with Crippen LogP contribution in [0.2, 0.25) is 0 Å². The van der Waals surface area contributed by atoms with Gasteiger partial charge in [-0.05, 0) is 28.1 Å². The molecule has 0 N–H and O–H groups in total. The molecule has 0 saturated heterocycles. The fraction of sp³-hybridized carbons (Fsp3) is 0.154. The van der Waals surface area contributed by atoms with E-state index in [0.717, 1.165) is 0 Å². The predicted octanol–water partition coefficient (Wildman–Crippen LogP) is 2.63. The largest absolute Gasteiger partial charge is 0.480 e. The van der Waals surface area contributed by atoms with E-state index in [4.69, 9.17) is 9.47 Å². The van der Waals surface area contributed by atoms with E-state index in [1.54, 1.807) is 6.07 Å². The van der Waals surface area contributed by atoms with Crippen molar-refractivity contribution in [2.75, 3.05) is 14.2 Å². The van der Waals surface area contributed by atoms with E-state index in [0.29, 0.717) is 4.47 Å². The molecule has 1 aromatic heterocycles. The Labute approximate surface area is 122 Å². The minimum atomic E-state index is -0.649. The lowest BCUT2D eigenvalue weighted by atomic mass is 10.1. The first-order valence-corrected chi connectivity index (χ1v) is 6.31. The number of ketones is 1. The first-order chi connectivity index (χ1) is 9.58. The summed E-state index contributed by atoms with van der Waals surface area (Å²) in [6.45, 7) is 0. The van der Waals surface area contributed by atoms with Crippen LogP contribution >= 0.6 is 15.9 Å². The molecule has 20 heavy (non-hydrogen) atoms. The summed E-state index contributed by atoms with van der Waals surface area (Å²) in [5, 5.41) is 0. The smallest absolute Gasteiger partial charge is 0.247 e. The molecule has 5 nitrogen and oxygen atoms in total. The molecule has 0 saturated carbocycles. The number of methoxy groups -OCH3 is 2. The Bertz CT molecular complexity index is 644. The van der Waals surface area contributed by atoms with Gasteiger partial charge < -0.3 is 9.47 Å². The minimum absolute atomic E-state index is 0.0236. The van der Waals surface area contributed by atoms with E-state index in [-0.39, 0.29) is 23.0 Å². The number of ether oxygens (including phenoxy) is 2. The molecular formula is C13H10BrFN2O3. The summed E-state index contributed by atoms with van der Waals surface area (Å²) in [4.78, 5) is 20.3. The van der Waals surface area contributed by atoms with E-state index in [1.165, 1.54) is 32.5 Å². The van der Waals surface area contributed by atoms with Crippen molar-refractivity contribution in [2.45, 2.75) is 0 Å². The Morgan fingerprint density at radius 3 is 2.65 bits per heavy atom. The number of benzene rings is 1. The third-order valence-corrected chi connectivity index (χ3v) is 3.19. The maximum absolute atomic E-state index is 13.8. The van der Waals surface area contributed by atoms with Crippen LogP contribution in [0.5, 0.6) is 11.8 Å². The zero-order valence-electron chi connectivity index (χ0n) is 10.7. The maximum Gasteiger partial charge on any atom is 0.247 e. The van der Waals surface area contributed by atoms with Gasteiger partial charge in [0, 0.05) is 4.47 Å². The van der Waals surface area contributed by atoms with Gasteiger partial charge in [0.1, 0.15) is 5.82 Å². The van der Waals surface area contributed by atoms with Gasteiger partial charge in [0.15, 0.2) is 5.69 Å². The van der Waals surface area contributed by atoms with Gasteiger partial charge in [0.25, 0.3) is 0 Å². The van der Waals surface area contributed by atoms with Crippen LogP contribution in [0.15, 0.2) is 28.9 Å². The summed E-state index contributed by atoms with van der Waals surface area (Å²) in [7, 11) is 2.76. The zero-order chi connectivity index (χ0) is 14.7. The van der Waals surface area contributed by atoms with Gasteiger partial charge >= 0.3 is 0 Å². The average molecular weight is 341 g/mol. The second kappa shape index (κ2) is 5.96. The molecule has 0 spiro atoms. The molecule has 2 rings (SSSR count). The SMILES string of the molecule is COc1cnc(C(=O)c2c(F)cccc2Br)c(OC)n1. The van der Waals surface area contributed by atoms with E-state index >= 15 is 0 Å². The Balaban J connectivity index is 2.54. The van der Waals surface area contributed by atoms with Crippen LogP contribution in [0.4, 0.5) is 4.39 Å². The summed E-state index contributed by atoms with van der Waals surface area (Å²) in [6, 6.07) is 4.26. The molecule has 0 amide bonds. The zero-order valence-corrected chi connectivity index (χ0v) is 12.3. The minimum Gasteiger partial charge on any atom is -0.480 e. The van der Waals surface area contributed by atoms with Crippen LogP contribution in [0.1, 0.15) is 16.1 Å². The number of nitrogens with zero attached hydrogens (tertiary/aromatic N) is 2. The highest BCUT2D eigenvalue weighted by atomic mass is 79.9. The van der Waals surface area contributed by atoms with Gasteiger partial charge in [-0.15, -0.1) is 0 Å². The van der Waals surface area contributed by atoms with Crippen LogP contribution < -0.4 is 9.47 Å². The van der Waals surface area contributed by atoms with Crippen molar-refractivity contribution in [2.24, 2.45) is 0 Å². The summed E-state index contributed by atoms with van der Waals surface area (Å²) in [5.41, 5.74) is -0.204. The van der Waals surface area contributed by atoms with Gasteiger partial charge in [-0.25, -0.2) is 9.37 Å². The van der Waals surface area contributed by atoms with Gasteiger partial charge in [0.2, 0.25) is 17.5 Å². The molecular weight excluding hydrogens is 331 g/mol. The second-order valence-electron chi connectivity index (χ2n) is 3.70. The number of carbonyl (C=O) groups excluding carboxylic acids is 1. The number of aromatic nitrogens is 2. The number of halogens is 2. The third kappa shape index (κ3) is 2.62. The van der Waals surface area contributed by atoms with Gasteiger partial charge in [-0.3, -0.25) is 4.79 Å². The van der Waals surface area contributed by atoms with Crippen molar-refractivity contribution in [3.05, 3.63) is 45.9 Å². The maximum atomic E-state index is 13.8. The highest BCUT2D eigenvalue weighted by Crippen LogP contribution is 2.26. The Hall–Kier alpha value is -2.02. The van der Waals surface area contributed by atoms with E-state index in [1.807, 2.05) is 0 Å². The first-order valence-electron chi connectivity index (χ1n) is 5.52. The topological polar surface area (TPSA) is 61.3 Å². The van der Waals surface area contributed by atoms with Gasteiger partial charge in [-0.1, -0.05) is 6.07 Å². The van der Waals surface area contributed by atoms with E-state index in [2.05, 4.69) is 25.9 Å². The number of hydrogen-bond acceptors (Lipinski definition) is 5. The van der Waals surface area contributed by atoms with Crippen LogP contribution in [-0.2, 0) is 0 Å². The normalized spacial score (nSPS) is 10.2. The molecule has 2 aromatic rings. The molecule has 0 unspecified atom stereocenters. The van der Waals surface area contributed by atoms with Crippen molar-refractivity contribution in [3.8, 4) is 11.8 Å². The Kier molecular flexibility index (Phi) is 4.29. The molecule has 0 radical (unpaired) electrons. The Morgan fingerprint density at radius 2 is 2.05 bits per heavy atom. The molecule has 0 aliphatic carbocycles. The monoisotopic (exact) mass is 340 g/mol. The Morgan fingerprint density at radius 1 is 1.30 bits per heavy atom. The first kappa shape index (κ1) is 14.4. The predicted molar refractivity (Wildman–Crippen MR) is 72.7 cm³/mol. The van der Waals surface area contributed by atoms with Crippen molar-refractivity contribution >= 4 is 21.7 Å². The van der Waals surface area contributed by atoms with Crippen molar-refractivity contribution in [1.82, 2.24) is 9.97 Å². The second-order valence-corrected chi connectivity index (χ2v) is 4.55. The molecule has 104 valence electrons. The van der Waals surface area contributed by atoms with Crippen LogP contribution in [0.3, 0.4) is 0 Å². The number of rotatable bonds is 4.